The summed E-state index contributed by atoms with van der Waals surface area (Å²) in [5.74, 6) is -0.163. The summed E-state index contributed by atoms with van der Waals surface area (Å²) in [6.45, 7) is 6.46. The highest BCUT2D eigenvalue weighted by Crippen LogP contribution is 2.04. The van der Waals surface area contributed by atoms with Crippen LogP contribution in [-0.4, -0.2) is 18.9 Å². The number of esters is 1. The molecule has 0 aromatic carbocycles. The third kappa shape index (κ3) is 28.1. The molecule has 21 heavy (non-hydrogen) atoms. The largest absolute Gasteiger partial charge is 0.466 e. The zero-order valence-corrected chi connectivity index (χ0v) is 14.5. The second-order valence-electron chi connectivity index (χ2n) is 5.48. The summed E-state index contributed by atoms with van der Waals surface area (Å²) in [5, 5.41) is 0. The van der Waals surface area contributed by atoms with Gasteiger partial charge in [-0.25, -0.2) is 0 Å². The first-order valence-electron chi connectivity index (χ1n) is 8.76. The molecule has 0 saturated carbocycles. The lowest BCUT2D eigenvalue weighted by molar-refractivity contribution is -0.141. The second kappa shape index (κ2) is 21.4. The van der Waals surface area contributed by atoms with Gasteiger partial charge in [-0.15, -0.1) is 0 Å². The highest BCUT2D eigenvalue weighted by molar-refractivity contribution is 5.65. The van der Waals surface area contributed by atoms with E-state index in [2.05, 4.69) is 13.8 Å². The van der Waals surface area contributed by atoms with Crippen molar-refractivity contribution in [3.05, 3.63) is 0 Å². The van der Waals surface area contributed by atoms with E-state index in [0.717, 1.165) is 25.5 Å². The van der Waals surface area contributed by atoms with Gasteiger partial charge >= 0.3 is 5.97 Å². The molecule has 0 aliphatic rings. The first kappa shape index (κ1) is 22.4. The van der Waals surface area contributed by atoms with E-state index < -0.39 is 0 Å². The zero-order chi connectivity index (χ0) is 16.2. The molecule has 0 fully saturated rings. The van der Waals surface area contributed by atoms with Crippen LogP contribution in [0.25, 0.3) is 0 Å². The Hall–Kier alpha value is -0.860. The van der Waals surface area contributed by atoms with Gasteiger partial charge in [-0.1, -0.05) is 71.6 Å². The Labute approximate surface area is 131 Å². The van der Waals surface area contributed by atoms with Crippen molar-refractivity contribution in [3.8, 4) is 0 Å². The standard InChI is InChI=1S/C10H20O2.C8H16O/c1-3-4-5-6-7-8-9-12-10(2)11;1-2-3-4-5-6-7-8-9/h3-9H2,1-2H3;8H,2-7H2,1H3. The van der Waals surface area contributed by atoms with Crippen LogP contribution in [0.3, 0.4) is 0 Å². The molecule has 0 aliphatic carbocycles. The molecule has 0 N–H and O–H groups in total. The van der Waals surface area contributed by atoms with Gasteiger partial charge in [-0.3, -0.25) is 4.79 Å². The average Bonchev–Trinajstić information content (AvgIpc) is 2.47. The van der Waals surface area contributed by atoms with Gasteiger partial charge in [0, 0.05) is 13.3 Å². The van der Waals surface area contributed by atoms with Crippen molar-refractivity contribution in [1.82, 2.24) is 0 Å². The molecule has 0 aromatic rings. The maximum Gasteiger partial charge on any atom is 0.302 e. The third-order valence-electron chi connectivity index (χ3n) is 3.23. The van der Waals surface area contributed by atoms with E-state index >= 15 is 0 Å². The number of unbranched alkanes of at least 4 members (excludes halogenated alkanes) is 10. The van der Waals surface area contributed by atoms with E-state index in [4.69, 9.17) is 4.74 Å². The summed E-state index contributed by atoms with van der Waals surface area (Å²) in [4.78, 5) is 20.2. The lowest BCUT2D eigenvalue weighted by Crippen LogP contribution is -1.99. The van der Waals surface area contributed by atoms with Crippen LogP contribution in [0.4, 0.5) is 0 Å². The van der Waals surface area contributed by atoms with E-state index in [9.17, 15) is 9.59 Å². The molecule has 0 aromatic heterocycles. The van der Waals surface area contributed by atoms with Crippen LogP contribution in [0.15, 0.2) is 0 Å². The number of aldehydes is 1. The van der Waals surface area contributed by atoms with E-state index in [1.165, 1.54) is 64.7 Å². The summed E-state index contributed by atoms with van der Waals surface area (Å²) in [7, 11) is 0. The Morgan fingerprint density at radius 1 is 0.810 bits per heavy atom. The minimum absolute atomic E-state index is 0.163. The highest BCUT2D eigenvalue weighted by Gasteiger charge is 1.92. The SMILES string of the molecule is CCCCCCCC=O.CCCCCCCCOC(C)=O. The first-order valence-corrected chi connectivity index (χ1v) is 8.76. The molecular formula is C18H36O3. The summed E-state index contributed by atoms with van der Waals surface area (Å²) < 4.78 is 4.81. The van der Waals surface area contributed by atoms with Crippen LogP contribution < -0.4 is 0 Å². The quantitative estimate of drug-likeness (QED) is 0.258. The Morgan fingerprint density at radius 2 is 1.29 bits per heavy atom. The molecule has 0 aliphatic heterocycles. The Bertz CT molecular complexity index is 215. The monoisotopic (exact) mass is 300 g/mol. The first-order chi connectivity index (χ1) is 10.2. The van der Waals surface area contributed by atoms with Crippen LogP contribution in [0.5, 0.6) is 0 Å². The lowest BCUT2D eigenvalue weighted by atomic mass is 10.1. The number of carbonyl (C=O) groups excluding carboxylic acids is 2. The fourth-order valence-electron chi connectivity index (χ4n) is 1.93. The molecule has 0 saturated heterocycles. The zero-order valence-electron chi connectivity index (χ0n) is 14.5. The Morgan fingerprint density at radius 3 is 1.76 bits per heavy atom. The summed E-state index contributed by atoms with van der Waals surface area (Å²) in [6.07, 6.45) is 15.4. The molecule has 0 spiro atoms. The van der Waals surface area contributed by atoms with Gasteiger partial charge in [-0.05, 0) is 12.8 Å². The Balaban J connectivity index is 0. The summed E-state index contributed by atoms with van der Waals surface area (Å²) in [5.41, 5.74) is 0. The van der Waals surface area contributed by atoms with Crippen molar-refractivity contribution in [2.45, 2.75) is 97.8 Å². The molecule has 3 nitrogen and oxygen atoms in total. The normalized spacial score (nSPS) is 9.67. The second-order valence-corrected chi connectivity index (χ2v) is 5.48. The van der Waals surface area contributed by atoms with Crippen molar-refractivity contribution in [2.75, 3.05) is 6.61 Å². The fourth-order valence-corrected chi connectivity index (χ4v) is 1.93. The van der Waals surface area contributed by atoms with Gasteiger partial charge in [0.1, 0.15) is 6.29 Å². The van der Waals surface area contributed by atoms with Crippen molar-refractivity contribution in [1.29, 1.82) is 0 Å². The van der Waals surface area contributed by atoms with Gasteiger partial charge < -0.3 is 9.53 Å². The van der Waals surface area contributed by atoms with Crippen LogP contribution in [0, 0.1) is 0 Å². The van der Waals surface area contributed by atoms with Crippen LogP contribution in [-0.2, 0) is 14.3 Å². The third-order valence-corrected chi connectivity index (χ3v) is 3.23. The maximum absolute atomic E-state index is 10.4. The minimum Gasteiger partial charge on any atom is -0.466 e. The lowest BCUT2D eigenvalue weighted by Gasteiger charge is -2.01. The molecule has 0 heterocycles. The van der Waals surface area contributed by atoms with Crippen molar-refractivity contribution in [2.24, 2.45) is 0 Å². The van der Waals surface area contributed by atoms with Gasteiger partial charge in [0.2, 0.25) is 0 Å². The number of hydrogen-bond donors (Lipinski definition) is 0. The Kier molecular flexibility index (Phi) is 22.9. The molecule has 0 bridgehead atoms. The smallest absolute Gasteiger partial charge is 0.302 e. The minimum atomic E-state index is -0.163. The van der Waals surface area contributed by atoms with Crippen LogP contribution >= 0.6 is 0 Å². The van der Waals surface area contributed by atoms with E-state index in [-0.39, 0.29) is 5.97 Å². The molecule has 0 amide bonds. The average molecular weight is 300 g/mol. The fraction of sp³-hybridized carbons (Fsp3) is 0.889. The van der Waals surface area contributed by atoms with Crippen LogP contribution in [0.2, 0.25) is 0 Å². The highest BCUT2D eigenvalue weighted by atomic mass is 16.5. The number of carbonyl (C=O) groups is 2. The van der Waals surface area contributed by atoms with Crippen molar-refractivity contribution in [3.63, 3.8) is 0 Å². The predicted octanol–water partition coefficient (Wildman–Crippen LogP) is 5.46. The van der Waals surface area contributed by atoms with E-state index in [1.54, 1.807) is 0 Å². The van der Waals surface area contributed by atoms with Gasteiger partial charge in [0.05, 0.1) is 6.61 Å². The topological polar surface area (TPSA) is 43.4 Å². The molecule has 0 rings (SSSR count). The van der Waals surface area contributed by atoms with E-state index in [1.807, 2.05) is 0 Å². The summed E-state index contributed by atoms with van der Waals surface area (Å²) >= 11 is 0. The summed E-state index contributed by atoms with van der Waals surface area (Å²) in [6, 6.07) is 0. The molecule has 126 valence electrons. The van der Waals surface area contributed by atoms with Crippen LogP contribution in [0.1, 0.15) is 97.8 Å². The predicted molar refractivity (Wildman–Crippen MR) is 89.4 cm³/mol. The molecular weight excluding hydrogens is 264 g/mol. The van der Waals surface area contributed by atoms with Gasteiger partial charge in [0.25, 0.3) is 0 Å². The number of hydrogen-bond acceptors (Lipinski definition) is 3. The molecule has 0 unspecified atom stereocenters. The molecule has 0 atom stereocenters. The van der Waals surface area contributed by atoms with Crippen molar-refractivity contribution >= 4 is 12.3 Å². The van der Waals surface area contributed by atoms with E-state index in [0.29, 0.717) is 6.61 Å². The van der Waals surface area contributed by atoms with Crippen molar-refractivity contribution < 1.29 is 14.3 Å². The van der Waals surface area contributed by atoms with Gasteiger partial charge in [-0.2, -0.15) is 0 Å². The maximum atomic E-state index is 10.4. The molecule has 0 radical (unpaired) electrons. The number of ether oxygens (including phenoxy) is 1. The molecule has 3 heteroatoms. The number of rotatable bonds is 13. The van der Waals surface area contributed by atoms with Gasteiger partial charge in [0.15, 0.2) is 0 Å².